The van der Waals surface area contributed by atoms with E-state index in [9.17, 15) is 14.9 Å². The fourth-order valence-corrected chi connectivity index (χ4v) is 2.06. The summed E-state index contributed by atoms with van der Waals surface area (Å²) in [6.07, 6.45) is 3.75. The van der Waals surface area contributed by atoms with Crippen LogP contribution >= 0.6 is 0 Å². The van der Waals surface area contributed by atoms with E-state index in [1.54, 1.807) is 25.3 Å². The zero-order chi connectivity index (χ0) is 17.4. The molecule has 0 bridgehead atoms. The normalized spacial score (nSPS) is 10.5. The molecule has 0 fully saturated rings. The van der Waals surface area contributed by atoms with Gasteiger partial charge in [-0.3, -0.25) is 14.9 Å². The highest BCUT2D eigenvalue weighted by Crippen LogP contribution is 2.13. The van der Waals surface area contributed by atoms with E-state index in [-0.39, 0.29) is 11.6 Å². The summed E-state index contributed by atoms with van der Waals surface area (Å²) >= 11 is 0. The molecule has 2 aromatic carbocycles. The Kier molecular flexibility index (Phi) is 6.08. The van der Waals surface area contributed by atoms with Crippen molar-refractivity contribution in [2.75, 3.05) is 13.7 Å². The van der Waals surface area contributed by atoms with Crippen molar-refractivity contribution in [1.29, 1.82) is 0 Å². The van der Waals surface area contributed by atoms with Gasteiger partial charge in [0.2, 0.25) is 5.91 Å². The van der Waals surface area contributed by atoms with E-state index in [0.717, 1.165) is 23.3 Å². The molecule has 6 nitrogen and oxygen atoms in total. The van der Waals surface area contributed by atoms with Gasteiger partial charge in [0, 0.05) is 24.8 Å². The predicted molar refractivity (Wildman–Crippen MR) is 91.8 cm³/mol. The molecule has 0 aliphatic carbocycles. The number of ether oxygens (including phenoxy) is 1. The summed E-state index contributed by atoms with van der Waals surface area (Å²) in [5.41, 5.74) is 1.86. The molecular weight excluding hydrogens is 308 g/mol. The standard InChI is InChI=1S/C18H18N2O4/c1-24-17-9-4-15(5-10-17)12-13-19-18(21)11-6-14-2-7-16(8-3-14)20(22)23/h2-11H,12-13H2,1H3,(H,19,21)/b11-6+. The molecule has 124 valence electrons. The van der Waals surface area contributed by atoms with Gasteiger partial charge in [-0.25, -0.2) is 0 Å². The van der Waals surface area contributed by atoms with Crippen LogP contribution in [0, 0.1) is 10.1 Å². The third-order valence-electron chi connectivity index (χ3n) is 3.40. The minimum Gasteiger partial charge on any atom is -0.497 e. The number of nitrogens with zero attached hydrogens (tertiary/aromatic N) is 1. The lowest BCUT2D eigenvalue weighted by molar-refractivity contribution is -0.384. The zero-order valence-electron chi connectivity index (χ0n) is 13.3. The number of nitro benzene ring substituents is 1. The van der Waals surface area contributed by atoms with Gasteiger partial charge in [0.25, 0.3) is 5.69 Å². The molecule has 2 aromatic rings. The first-order valence-corrected chi connectivity index (χ1v) is 7.42. The van der Waals surface area contributed by atoms with E-state index >= 15 is 0 Å². The molecule has 0 atom stereocenters. The maximum Gasteiger partial charge on any atom is 0.269 e. The number of methoxy groups -OCH3 is 1. The van der Waals surface area contributed by atoms with Crippen molar-refractivity contribution < 1.29 is 14.5 Å². The summed E-state index contributed by atoms with van der Waals surface area (Å²) in [4.78, 5) is 21.9. The smallest absolute Gasteiger partial charge is 0.269 e. The molecule has 24 heavy (non-hydrogen) atoms. The Morgan fingerprint density at radius 3 is 2.42 bits per heavy atom. The number of benzene rings is 2. The molecule has 0 heterocycles. The van der Waals surface area contributed by atoms with Crippen LogP contribution in [0.5, 0.6) is 5.75 Å². The van der Waals surface area contributed by atoms with E-state index in [1.807, 2.05) is 24.3 Å². The first kappa shape index (κ1) is 17.2. The van der Waals surface area contributed by atoms with E-state index in [1.165, 1.54) is 18.2 Å². The second-order valence-corrected chi connectivity index (χ2v) is 5.07. The topological polar surface area (TPSA) is 81.5 Å². The van der Waals surface area contributed by atoms with Gasteiger partial charge in [-0.1, -0.05) is 12.1 Å². The van der Waals surface area contributed by atoms with Gasteiger partial charge >= 0.3 is 0 Å². The van der Waals surface area contributed by atoms with E-state index in [2.05, 4.69) is 5.32 Å². The zero-order valence-corrected chi connectivity index (χ0v) is 13.3. The van der Waals surface area contributed by atoms with Crippen LogP contribution in [0.3, 0.4) is 0 Å². The SMILES string of the molecule is COc1ccc(CCNC(=O)/C=C/c2ccc([N+](=O)[O-])cc2)cc1. The van der Waals surface area contributed by atoms with Crippen molar-refractivity contribution in [3.63, 3.8) is 0 Å². The molecule has 6 heteroatoms. The van der Waals surface area contributed by atoms with Crippen LogP contribution in [0.4, 0.5) is 5.69 Å². The maximum absolute atomic E-state index is 11.8. The van der Waals surface area contributed by atoms with E-state index in [4.69, 9.17) is 4.74 Å². The van der Waals surface area contributed by atoms with Crippen LogP contribution in [0.25, 0.3) is 6.08 Å². The summed E-state index contributed by atoms with van der Waals surface area (Å²) in [5.74, 6) is 0.593. The van der Waals surface area contributed by atoms with Gasteiger partial charge < -0.3 is 10.1 Å². The van der Waals surface area contributed by atoms with Crippen molar-refractivity contribution in [2.24, 2.45) is 0 Å². The minimum atomic E-state index is -0.459. The highest BCUT2D eigenvalue weighted by atomic mass is 16.6. The quantitative estimate of drug-likeness (QED) is 0.482. The van der Waals surface area contributed by atoms with E-state index < -0.39 is 4.92 Å². The monoisotopic (exact) mass is 326 g/mol. The van der Waals surface area contributed by atoms with Gasteiger partial charge in [0.15, 0.2) is 0 Å². The average Bonchev–Trinajstić information content (AvgIpc) is 2.61. The summed E-state index contributed by atoms with van der Waals surface area (Å²) in [6.45, 7) is 0.524. The summed E-state index contributed by atoms with van der Waals surface area (Å²) in [6, 6.07) is 13.7. The number of nitro groups is 1. The van der Waals surface area contributed by atoms with Crippen molar-refractivity contribution in [2.45, 2.75) is 6.42 Å². The van der Waals surface area contributed by atoms with Crippen LogP contribution in [-0.2, 0) is 11.2 Å². The molecule has 0 aliphatic heterocycles. The molecule has 0 unspecified atom stereocenters. The molecule has 0 saturated carbocycles. The van der Waals surface area contributed by atoms with Crippen LogP contribution < -0.4 is 10.1 Å². The number of rotatable bonds is 7. The first-order valence-electron chi connectivity index (χ1n) is 7.42. The Bertz CT molecular complexity index is 722. The molecule has 1 N–H and O–H groups in total. The molecule has 0 radical (unpaired) electrons. The highest BCUT2D eigenvalue weighted by Gasteiger charge is 2.02. The molecule has 0 saturated heterocycles. The third-order valence-corrected chi connectivity index (χ3v) is 3.40. The molecule has 2 rings (SSSR count). The minimum absolute atomic E-state index is 0.0242. The van der Waals surface area contributed by atoms with Crippen molar-refractivity contribution in [1.82, 2.24) is 5.32 Å². The number of hydrogen-bond donors (Lipinski definition) is 1. The van der Waals surface area contributed by atoms with Crippen LogP contribution in [0.15, 0.2) is 54.6 Å². The van der Waals surface area contributed by atoms with Gasteiger partial charge in [0.05, 0.1) is 12.0 Å². The summed E-state index contributed by atoms with van der Waals surface area (Å²) in [7, 11) is 1.62. The van der Waals surface area contributed by atoms with Crippen molar-refractivity contribution >= 4 is 17.7 Å². The maximum atomic E-state index is 11.8. The number of carbonyl (C=O) groups is 1. The van der Waals surface area contributed by atoms with Gasteiger partial charge in [0.1, 0.15) is 5.75 Å². The Balaban J connectivity index is 1.78. The molecule has 0 spiro atoms. The average molecular weight is 326 g/mol. The molecule has 0 aromatic heterocycles. The summed E-state index contributed by atoms with van der Waals surface area (Å²) in [5, 5.41) is 13.4. The Morgan fingerprint density at radius 1 is 1.17 bits per heavy atom. The fraction of sp³-hybridized carbons (Fsp3) is 0.167. The van der Waals surface area contributed by atoms with Gasteiger partial charge in [-0.05, 0) is 47.9 Å². The van der Waals surface area contributed by atoms with Crippen LogP contribution in [-0.4, -0.2) is 24.5 Å². The number of hydrogen-bond acceptors (Lipinski definition) is 4. The lowest BCUT2D eigenvalue weighted by Gasteiger charge is -2.04. The number of non-ortho nitro benzene ring substituents is 1. The Morgan fingerprint density at radius 2 is 1.83 bits per heavy atom. The van der Waals surface area contributed by atoms with Crippen LogP contribution in [0.2, 0.25) is 0 Å². The Labute approximate surface area is 139 Å². The van der Waals surface area contributed by atoms with Crippen molar-refractivity contribution in [3.8, 4) is 5.75 Å². The number of nitrogens with one attached hydrogen (secondary N) is 1. The molecule has 0 aliphatic rings. The number of carbonyl (C=O) groups excluding carboxylic acids is 1. The fourth-order valence-electron chi connectivity index (χ4n) is 2.06. The lowest BCUT2D eigenvalue weighted by atomic mass is 10.1. The molecule has 1 amide bonds. The highest BCUT2D eigenvalue weighted by molar-refractivity contribution is 5.91. The van der Waals surface area contributed by atoms with Gasteiger partial charge in [-0.15, -0.1) is 0 Å². The largest absolute Gasteiger partial charge is 0.497 e. The number of amides is 1. The van der Waals surface area contributed by atoms with Crippen LogP contribution in [0.1, 0.15) is 11.1 Å². The third kappa shape index (κ3) is 5.24. The lowest BCUT2D eigenvalue weighted by Crippen LogP contribution is -2.23. The second-order valence-electron chi connectivity index (χ2n) is 5.07. The van der Waals surface area contributed by atoms with E-state index in [0.29, 0.717) is 6.54 Å². The first-order chi connectivity index (χ1) is 11.6. The predicted octanol–water partition coefficient (Wildman–Crippen LogP) is 2.98. The van der Waals surface area contributed by atoms with Gasteiger partial charge in [-0.2, -0.15) is 0 Å². The Hall–Kier alpha value is -3.15. The summed E-state index contributed by atoms with van der Waals surface area (Å²) < 4.78 is 5.09. The molecular formula is C18H18N2O4. The second kappa shape index (κ2) is 8.47. The van der Waals surface area contributed by atoms with Crippen molar-refractivity contribution in [3.05, 3.63) is 75.8 Å².